The minimum absolute atomic E-state index is 0.362. The van der Waals surface area contributed by atoms with Gasteiger partial charge in [0.1, 0.15) is 17.8 Å². The first-order valence-electron chi connectivity index (χ1n) is 9.20. The number of hydrogen-bond donors (Lipinski definition) is 0. The van der Waals surface area contributed by atoms with Gasteiger partial charge in [-0.15, -0.1) is 0 Å². The molecule has 0 bridgehead atoms. The third-order valence-electron chi connectivity index (χ3n) is 5.76. The van der Waals surface area contributed by atoms with E-state index in [-0.39, 0.29) is 0 Å². The van der Waals surface area contributed by atoms with Crippen molar-refractivity contribution in [3.8, 4) is 11.8 Å². The van der Waals surface area contributed by atoms with Crippen LogP contribution in [-0.4, -0.2) is 24.0 Å². The van der Waals surface area contributed by atoms with Crippen LogP contribution in [0.1, 0.15) is 42.9 Å². The van der Waals surface area contributed by atoms with Crippen molar-refractivity contribution < 1.29 is 4.74 Å². The van der Waals surface area contributed by atoms with Gasteiger partial charge in [-0.2, -0.15) is 5.26 Å². The Bertz CT molecular complexity index is 754. The van der Waals surface area contributed by atoms with E-state index < -0.39 is 5.41 Å². The Hall–Kier alpha value is -2.31. The molecule has 2 aliphatic heterocycles. The Balaban J connectivity index is 1.85. The van der Waals surface area contributed by atoms with Crippen molar-refractivity contribution in [3.63, 3.8) is 0 Å². The summed E-state index contributed by atoms with van der Waals surface area (Å²) < 4.78 is 6.07. The van der Waals surface area contributed by atoms with E-state index in [9.17, 15) is 5.26 Å². The van der Waals surface area contributed by atoms with Gasteiger partial charge in [0.15, 0.2) is 0 Å². The molecule has 0 N–H and O–H groups in total. The molecular weight excluding hydrogens is 308 g/mol. The van der Waals surface area contributed by atoms with Gasteiger partial charge in [0, 0.05) is 11.6 Å². The summed E-state index contributed by atoms with van der Waals surface area (Å²) in [6.45, 7) is 5.07. The number of fused-ring (bicyclic) bond motifs is 2. The van der Waals surface area contributed by atoms with Gasteiger partial charge in [0.05, 0.1) is 6.07 Å². The van der Waals surface area contributed by atoms with Gasteiger partial charge in [0.25, 0.3) is 0 Å². The smallest absolute Gasteiger partial charge is 0.124 e. The molecule has 2 heterocycles. The average Bonchev–Trinajstić information content (AvgIpc) is 3.16. The van der Waals surface area contributed by atoms with Crippen LogP contribution in [0.3, 0.4) is 0 Å². The van der Waals surface area contributed by atoms with Gasteiger partial charge in [-0.3, -0.25) is 0 Å². The Morgan fingerprint density at radius 2 is 1.76 bits per heavy atom. The minimum Gasteiger partial charge on any atom is -0.489 e. The van der Waals surface area contributed by atoms with Crippen molar-refractivity contribution in [1.82, 2.24) is 4.90 Å². The molecule has 0 aromatic heterocycles. The molecule has 0 radical (unpaired) electrons. The number of nitriles is 1. The zero-order valence-electron chi connectivity index (χ0n) is 14.7. The number of hydrogen-bond acceptors (Lipinski definition) is 3. The SMILES string of the molecule is CC(CC1(C#N)c2ccccc2COc2ccccc21)N1CCCC1. The standard InChI is InChI=1S/C22H24N2O/c1-17(24-12-6-7-13-24)14-22(16-23)19-9-3-2-8-18(19)15-25-21-11-5-4-10-20(21)22/h2-5,8-11,17H,6-7,12-15H2,1H3. The van der Waals surface area contributed by atoms with Crippen LogP contribution < -0.4 is 4.74 Å². The second kappa shape index (κ2) is 6.54. The number of nitrogens with zero attached hydrogens (tertiary/aromatic N) is 2. The van der Waals surface area contributed by atoms with Crippen LogP contribution >= 0.6 is 0 Å². The first kappa shape index (κ1) is 16.2. The lowest BCUT2D eigenvalue weighted by atomic mass is 9.70. The molecule has 25 heavy (non-hydrogen) atoms. The van der Waals surface area contributed by atoms with Gasteiger partial charge in [-0.1, -0.05) is 42.5 Å². The van der Waals surface area contributed by atoms with Crippen LogP contribution in [-0.2, 0) is 12.0 Å². The maximum atomic E-state index is 10.4. The van der Waals surface area contributed by atoms with E-state index in [0.29, 0.717) is 12.6 Å². The first-order chi connectivity index (χ1) is 12.2. The normalized spacial score (nSPS) is 23.7. The average molecular weight is 332 g/mol. The molecule has 0 spiro atoms. The van der Waals surface area contributed by atoms with Crippen molar-refractivity contribution >= 4 is 0 Å². The van der Waals surface area contributed by atoms with Crippen LogP contribution in [0, 0.1) is 11.3 Å². The van der Waals surface area contributed by atoms with Crippen molar-refractivity contribution in [1.29, 1.82) is 5.26 Å². The quantitative estimate of drug-likeness (QED) is 0.842. The number of para-hydroxylation sites is 1. The Kier molecular flexibility index (Phi) is 4.23. The summed E-state index contributed by atoms with van der Waals surface area (Å²) in [5, 5.41) is 10.4. The van der Waals surface area contributed by atoms with Crippen LogP contribution in [0.25, 0.3) is 0 Å². The van der Waals surface area contributed by atoms with Crippen LogP contribution in [0.4, 0.5) is 0 Å². The predicted octanol–water partition coefficient (Wildman–Crippen LogP) is 4.26. The van der Waals surface area contributed by atoms with E-state index in [0.717, 1.165) is 42.0 Å². The zero-order chi connectivity index (χ0) is 17.3. The molecule has 2 aliphatic rings. The molecule has 0 saturated carbocycles. The maximum absolute atomic E-state index is 10.4. The monoisotopic (exact) mass is 332 g/mol. The number of likely N-dealkylation sites (tertiary alicyclic amines) is 1. The lowest BCUT2D eigenvalue weighted by molar-refractivity contribution is 0.229. The lowest BCUT2D eigenvalue weighted by Crippen LogP contribution is -2.38. The highest BCUT2D eigenvalue weighted by molar-refractivity contribution is 5.56. The van der Waals surface area contributed by atoms with Gasteiger partial charge in [0.2, 0.25) is 0 Å². The van der Waals surface area contributed by atoms with Crippen molar-refractivity contribution in [3.05, 3.63) is 65.2 Å². The third kappa shape index (κ3) is 2.71. The van der Waals surface area contributed by atoms with Crippen LogP contribution in [0.15, 0.2) is 48.5 Å². The second-order valence-corrected chi connectivity index (χ2v) is 7.26. The second-order valence-electron chi connectivity index (χ2n) is 7.26. The van der Waals surface area contributed by atoms with E-state index in [1.54, 1.807) is 0 Å². The molecule has 2 unspecified atom stereocenters. The van der Waals surface area contributed by atoms with E-state index in [2.05, 4.69) is 36.1 Å². The van der Waals surface area contributed by atoms with E-state index in [4.69, 9.17) is 4.74 Å². The fourth-order valence-corrected chi connectivity index (χ4v) is 4.45. The number of rotatable bonds is 3. The Morgan fingerprint density at radius 1 is 1.08 bits per heavy atom. The van der Waals surface area contributed by atoms with Crippen molar-refractivity contribution in [2.45, 2.75) is 44.2 Å². The molecule has 1 fully saturated rings. The molecule has 128 valence electrons. The van der Waals surface area contributed by atoms with Crippen molar-refractivity contribution in [2.24, 2.45) is 0 Å². The summed E-state index contributed by atoms with van der Waals surface area (Å²) in [4.78, 5) is 2.52. The fraction of sp³-hybridized carbons (Fsp3) is 0.409. The molecule has 2 aromatic rings. The summed E-state index contributed by atoms with van der Waals surface area (Å²) in [7, 11) is 0. The molecule has 4 rings (SSSR count). The largest absolute Gasteiger partial charge is 0.489 e. The molecule has 2 aromatic carbocycles. The highest BCUT2D eigenvalue weighted by atomic mass is 16.5. The molecule has 0 aliphatic carbocycles. The van der Waals surface area contributed by atoms with Gasteiger partial charge in [-0.05, 0) is 56.5 Å². The lowest BCUT2D eigenvalue weighted by Gasteiger charge is -2.34. The van der Waals surface area contributed by atoms with E-state index in [1.165, 1.54) is 12.8 Å². The van der Waals surface area contributed by atoms with Crippen molar-refractivity contribution in [2.75, 3.05) is 13.1 Å². The predicted molar refractivity (Wildman–Crippen MR) is 98.5 cm³/mol. The number of benzene rings is 2. The number of ether oxygens (including phenoxy) is 1. The molecule has 1 saturated heterocycles. The summed E-state index contributed by atoms with van der Waals surface area (Å²) in [6, 6.07) is 19.4. The van der Waals surface area contributed by atoms with E-state index >= 15 is 0 Å². The summed E-state index contributed by atoms with van der Waals surface area (Å²) in [5.41, 5.74) is 2.57. The van der Waals surface area contributed by atoms with Crippen LogP contribution in [0.5, 0.6) is 5.75 Å². The van der Waals surface area contributed by atoms with Gasteiger partial charge >= 0.3 is 0 Å². The maximum Gasteiger partial charge on any atom is 0.124 e. The van der Waals surface area contributed by atoms with Crippen LogP contribution in [0.2, 0.25) is 0 Å². The zero-order valence-corrected chi connectivity index (χ0v) is 14.7. The Labute approximate surface area is 149 Å². The highest BCUT2D eigenvalue weighted by Gasteiger charge is 2.42. The van der Waals surface area contributed by atoms with Gasteiger partial charge in [-0.25, -0.2) is 0 Å². The highest BCUT2D eigenvalue weighted by Crippen LogP contribution is 2.45. The van der Waals surface area contributed by atoms with Gasteiger partial charge < -0.3 is 9.64 Å². The summed E-state index contributed by atoms with van der Waals surface area (Å²) in [6.07, 6.45) is 3.32. The first-order valence-corrected chi connectivity index (χ1v) is 9.20. The molecule has 0 amide bonds. The summed E-state index contributed by atoms with van der Waals surface area (Å²) in [5.74, 6) is 0.842. The fourth-order valence-electron chi connectivity index (χ4n) is 4.45. The molecular formula is C22H24N2O. The molecule has 3 nitrogen and oxygen atoms in total. The molecule has 2 atom stereocenters. The third-order valence-corrected chi connectivity index (χ3v) is 5.76. The van der Waals surface area contributed by atoms with E-state index in [1.807, 2.05) is 30.3 Å². The molecule has 3 heteroatoms. The summed E-state index contributed by atoms with van der Waals surface area (Å²) >= 11 is 0. The Morgan fingerprint density at radius 3 is 2.52 bits per heavy atom. The topological polar surface area (TPSA) is 36.3 Å². The minimum atomic E-state index is -0.661.